The molecule has 1 aromatic carbocycles. The monoisotopic (exact) mass is 431 g/mol. The molecule has 1 fully saturated rings. The quantitative estimate of drug-likeness (QED) is 0.723. The summed E-state index contributed by atoms with van der Waals surface area (Å²) in [6.07, 6.45) is 1.06. The van der Waals surface area contributed by atoms with Crippen molar-refractivity contribution in [1.29, 1.82) is 0 Å². The Hall–Kier alpha value is -2.49. The molecule has 2 aromatic rings. The summed E-state index contributed by atoms with van der Waals surface area (Å²) >= 11 is 0. The third kappa shape index (κ3) is 3.36. The fourth-order valence-corrected chi connectivity index (χ4v) is 6.23. The van der Waals surface area contributed by atoms with Crippen LogP contribution in [0.2, 0.25) is 0 Å². The average Bonchev–Trinajstić information content (AvgIpc) is 3.23. The number of carbonyl (C=O) groups is 1. The van der Waals surface area contributed by atoms with Gasteiger partial charge in [0.25, 0.3) is 5.56 Å². The zero-order valence-electron chi connectivity index (χ0n) is 16.8. The summed E-state index contributed by atoms with van der Waals surface area (Å²) in [5.74, 6) is -1.43. The van der Waals surface area contributed by atoms with E-state index < -0.39 is 33.9 Å². The van der Waals surface area contributed by atoms with E-state index in [0.29, 0.717) is 5.69 Å². The summed E-state index contributed by atoms with van der Waals surface area (Å²) in [4.78, 5) is 25.5. The number of rotatable bonds is 5. The minimum absolute atomic E-state index is 0.217. The van der Waals surface area contributed by atoms with Gasteiger partial charge in [0.05, 0.1) is 18.3 Å². The molecule has 2 aliphatic heterocycles. The van der Waals surface area contributed by atoms with Crippen molar-refractivity contribution in [3.05, 3.63) is 70.1 Å². The Bertz CT molecular complexity index is 1110. The molecule has 9 heteroatoms. The Morgan fingerprint density at radius 1 is 1.20 bits per heavy atom. The van der Waals surface area contributed by atoms with Crippen LogP contribution in [-0.4, -0.2) is 47.2 Å². The number of nitrogens with one attached hydrogen (secondary N) is 1. The zero-order chi connectivity index (χ0) is 21.6. The molecule has 0 bridgehead atoms. The largest absolute Gasteiger partial charge is 0.396 e. The van der Waals surface area contributed by atoms with Gasteiger partial charge in [-0.05, 0) is 18.6 Å². The van der Waals surface area contributed by atoms with E-state index in [1.807, 2.05) is 37.3 Å². The number of hydrogen-bond acceptors (Lipinski definition) is 5. The molecule has 1 amide bonds. The molecule has 1 saturated heterocycles. The highest BCUT2D eigenvalue weighted by Gasteiger charge is 2.58. The number of sulfonamides is 1. The lowest BCUT2D eigenvalue weighted by molar-refractivity contribution is -0.126. The molecule has 1 aromatic heterocycles. The van der Waals surface area contributed by atoms with Crippen LogP contribution in [0.1, 0.15) is 30.3 Å². The van der Waals surface area contributed by atoms with Crippen molar-refractivity contribution < 1.29 is 18.3 Å². The van der Waals surface area contributed by atoms with E-state index >= 15 is 0 Å². The maximum Gasteiger partial charge on any atom is 0.250 e. The van der Waals surface area contributed by atoms with Crippen LogP contribution in [0.3, 0.4) is 0 Å². The van der Waals surface area contributed by atoms with Gasteiger partial charge in [0.2, 0.25) is 15.9 Å². The van der Waals surface area contributed by atoms with E-state index in [2.05, 4.69) is 5.32 Å². The molecule has 0 unspecified atom stereocenters. The Morgan fingerprint density at radius 3 is 2.53 bits per heavy atom. The number of aromatic nitrogens is 1. The molecule has 160 valence electrons. The zero-order valence-corrected chi connectivity index (χ0v) is 17.6. The predicted molar refractivity (Wildman–Crippen MR) is 111 cm³/mol. The fraction of sp³-hybridized carbons (Fsp3) is 0.429. The molecular weight excluding hydrogens is 406 g/mol. The van der Waals surface area contributed by atoms with Crippen LogP contribution in [0.15, 0.2) is 53.3 Å². The summed E-state index contributed by atoms with van der Waals surface area (Å²) in [5, 5.41) is 13.0. The van der Waals surface area contributed by atoms with Crippen molar-refractivity contribution >= 4 is 15.9 Å². The Labute approximate surface area is 175 Å². The van der Waals surface area contributed by atoms with Crippen molar-refractivity contribution in [2.24, 2.45) is 11.8 Å². The van der Waals surface area contributed by atoms with E-state index in [9.17, 15) is 23.1 Å². The summed E-state index contributed by atoms with van der Waals surface area (Å²) in [6, 6.07) is 12.1. The lowest BCUT2D eigenvalue weighted by Crippen LogP contribution is -2.50. The molecule has 8 nitrogen and oxygen atoms in total. The van der Waals surface area contributed by atoms with Crippen molar-refractivity contribution in [3.63, 3.8) is 0 Å². The number of carbonyl (C=O) groups excluding carboxylic acids is 1. The Balaban J connectivity index is 1.72. The smallest absolute Gasteiger partial charge is 0.250 e. The highest BCUT2D eigenvalue weighted by Crippen LogP contribution is 2.50. The first kappa shape index (κ1) is 20.8. The molecule has 2 N–H and O–H groups in total. The number of amides is 1. The summed E-state index contributed by atoms with van der Waals surface area (Å²) in [5.41, 5.74) is 1.24. The Morgan fingerprint density at radius 2 is 1.90 bits per heavy atom. The van der Waals surface area contributed by atoms with E-state index in [1.165, 1.54) is 14.9 Å². The molecule has 0 saturated carbocycles. The van der Waals surface area contributed by atoms with Crippen LogP contribution >= 0.6 is 0 Å². The first-order valence-corrected chi connectivity index (χ1v) is 11.7. The minimum atomic E-state index is -3.80. The van der Waals surface area contributed by atoms with E-state index in [-0.39, 0.29) is 30.7 Å². The number of pyridine rings is 1. The fourth-order valence-electron chi connectivity index (χ4n) is 4.89. The third-order valence-electron chi connectivity index (χ3n) is 6.21. The first-order valence-electron chi connectivity index (χ1n) is 9.88. The van der Waals surface area contributed by atoms with Gasteiger partial charge in [-0.2, -0.15) is 4.31 Å². The maximum atomic E-state index is 13.3. The van der Waals surface area contributed by atoms with Crippen LogP contribution in [0.4, 0.5) is 0 Å². The highest BCUT2D eigenvalue weighted by molar-refractivity contribution is 7.88. The van der Waals surface area contributed by atoms with Gasteiger partial charge in [0, 0.05) is 36.7 Å². The number of aliphatic hydroxyl groups excluding tert-OH is 1. The second-order valence-corrected chi connectivity index (χ2v) is 9.92. The topological polar surface area (TPSA) is 109 Å². The van der Waals surface area contributed by atoms with Gasteiger partial charge in [-0.3, -0.25) is 9.59 Å². The molecule has 0 radical (unpaired) electrons. The normalized spacial score (nSPS) is 26.8. The second-order valence-electron chi connectivity index (χ2n) is 8.03. The van der Waals surface area contributed by atoms with Gasteiger partial charge < -0.3 is 15.0 Å². The SMILES string of the molecule is C[C@@H](NC(=O)[C@H]1[C@H](CO)[C@H]2Cn3c(cccc3=O)[C@H]2N1S(C)(=O)=O)c1ccccc1. The number of nitrogens with zero attached hydrogens (tertiary/aromatic N) is 2. The number of fused-ring (bicyclic) bond motifs is 3. The molecule has 4 rings (SSSR count). The van der Waals surface area contributed by atoms with Crippen molar-refractivity contribution in [2.75, 3.05) is 12.9 Å². The molecular formula is C21H25N3O5S. The number of hydrogen-bond donors (Lipinski definition) is 2. The van der Waals surface area contributed by atoms with Crippen LogP contribution in [0, 0.1) is 11.8 Å². The van der Waals surface area contributed by atoms with Crippen LogP contribution in [-0.2, 0) is 21.4 Å². The van der Waals surface area contributed by atoms with Gasteiger partial charge in [0.15, 0.2) is 0 Å². The van der Waals surface area contributed by atoms with Crippen molar-refractivity contribution in [2.45, 2.75) is 31.6 Å². The lowest BCUT2D eigenvalue weighted by Gasteiger charge is -2.29. The first-order chi connectivity index (χ1) is 14.2. The summed E-state index contributed by atoms with van der Waals surface area (Å²) in [7, 11) is -3.80. The second kappa shape index (κ2) is 7.64. The third-order valence-corrected chi connectivity index (χ3v) is 7.43. The van der Waals surface area contributed by atoms with Crippen molar-refractivity contribution in [3.8, 4) is 0 Å². The highest BCUT2D eigenvalue weighted by atomic mass is 32.2. The summed E-state index contributed by atoms with van der Waals surface area (Å²) in [6.45, 7) is 1.75. The van der Waals surface area contributed by atoms with Crippen molar-refractivity contribution in [1.82, 2.24) is 14.2 Å². The van der Waals surface area contributed by atoms with Gasteiger partial charge in [-0.25, -0.2) is 8.42 Å². The summed E-state index contributed by atoms with van der Waals surface area (Å²) < 4.78 is 28.3. The molecule has 30 heavy (non-hydrogen) atoms. The maximum absolute atomic E-state index is 13.3. The average molecular weight is 432 g/mol. The number of benzene rings is 1. The molecule has 2 aliphatic rings. The van der Waals surface area contributed by atoms with E-state index in [1.54, 1.807) is 12.1 Å². The van der Waals surface area contributed by atoms with Gasteiger partial charge >= 0.3 is 0 Å². The predicted octanol–water partition coefficient (Wildman–Crippen LogP) is 0.649. The lowest BCUT2D eigenvalue weighted by atomic mass is 9.88. The Kier molecular flexibility index (Phi) is 5.29. The van der Waals surface area contributed by atoms with Crippen LogP contribution in [0.5, 0.6) is 0 Å². The standard InChI is InChI=1S/C21H25N3O5S/c1-13(14-7-4-3-5-8-14)22-21(27)20-16(12-25)15-11-23-17(9-6-10-18(23)26)19(15)24(20)30(2,28)29/h3-10,13,15-16,19-20,25H,11-12H2,1-2H3,(H,22,27)/t13-,15-,16-,19+,20-/m1/s1. The van der Waals surface area contributed by atoms with E-state index in [4.69, 9.17) is 0 Å². The minimum Gasteiger partial charge on any atom is -0.396 e. The molecule has 3 heterocycles. The van der Waals surface area contributed by atoms with Gasteiger partial charge in [-0.1, -0.05) is 36.4 Å². The van der Waals surface area contributed by atoms with Gasteiger partial charge in [0.1, 0.15) is 6.04 Å². The molecule has 5 atom stereocenters. The van der Waals surface area contributed by atoms with Gasteiger partial charge in [-0.15, -0.1) is 0 Å². The van der Waals surface area contributed by atoms with Crippen LogP contribution < -0.4 is 10.9 Å². The van der Waals surface area contributed by atoms with Crippen LogP contribution in [0.25, 0.3) is 0 Å². The molecule has 0 aliphatic carbocycles. The number of aliphatic hydroxyl groups is 1. The van der Waals surface area contributed by atoms with E-state index in [0.717, 1.165) is 11.8 Å². The molecule has 0 spiro atoms.